The quantitative estimate of drug-likeness (QED) is 0.553. The Hall–Kier alpha value is -1.38. The second kappa shape index (κ2) is 11.3. The molecule has 1 rings (SSSR count). The van der Waals surface area contributed by atoms with E-state index in [4.69, 9.17) is 14.6 Å². The molecule has 0 aromatic heterocycles. The van der Waals surface area contributed by atoms with Crippen LogP contribution in [0.4, 0.5) is 0 Å². The van der Waals surface area contributed by atoms with Crippen LogP contribution in [0.3, 0.4) is 0 Å². The van der Waals surface area contributed by atoms with Crippen LogP contribution in [-0.2, 0) is 16.0 Å². The van der Waals surface area contributed by atoms with Gasteiger partial charge in [-0.05, 0) is 24.1 Å². The maximum absolute atomic E-state index is 8.75. The summed E-state index contributed by atoms with van der Waals surface area (Å²) in [6.07, 6.45) is 1.00. The fourth-order valence-corrected chi connectivity index (χ4v) is 2.07. The average Bonchev–Trinajstić information content (AvgIpc) is 2.51. The number of benzene rings is 1. The molecule has 0 radical (unpaired) electrons. The zero-order valence-electron chi connectivity index (χ0n) is 13.0. The molecule has 0 aliphatic heterocycles. The fraction of sp³-hybridized carbons (Fsp3) is 0.529. The smallest absolute Gasteiger partial charge is 0.104 e. The van der Waals surface area contributed by atoms with E-state index in [0.717, 1.165) is 44.8 Å². The van der Waals surface area contributed by atoms with Crippen LogP contribution >= 0.6 is 0 Å². The van der Waals surface area contributed by atoms with E-state index in [0.29, 0.717) is 0 Å². The molecule has 4 nitrogen and oxygen atoms in total. The summed E-state index contributed by atoms with van der Waals surface area (Å²) in [6, 6.07) is 8.12. The molecule has 0 atom stereocenters. The van der Waals surface area contributed by atoms with Crippen molar-refractivity contribution >= 4 is 0 Å². The molecule has 1 aromatic carbocycles. The number of aliphatic hydroxyl groups is 1. The van der Waals surface area contributed by atoms with Gasteiger partial charge in [0.25, 0.3) is 0 Å². The standard InChI is InChI=1S/C17H25NO3/c1-20-12-5-9-18(10-13-21-2)15-17-7-3-6-16(14-17)8-4-11-19/h3,6-7,14,19H,5,9-13,15H2,1-2H3. The van der Waals surface area contributed by atoms with Gasteiger partial charge < -0.3 is 14.6 Å². The van der Waals surface area contributed by atoms with Gasteiger partial charge >= 0.3 is 0 Å². The molecule has 21 heavy (non-hydrogen) atoms. The number of nitrogens with zero attached hydrogens (tertiary/aromatic N) is 1. The zero-order valence-corrected chi connectivity index (χ0v) is 13.0. The van der Waals surface area contributed by atoms with E-state index >= 15 is 0 Å². The van der Waals surface area contributed by atoms with Crippen LogP contribution in [0.5, 0.6) is 0 Å². The van der Waals surface area contributed by atoms with E-state index in [9.17, 15) is 0 Å². The van der Waals surface area contributed by atoms with Crippen molar-refractivity contribution in [2.24, 2.45) is 0 Å². The Morgan fingerprint density at radius 2 is 1.95 bits per heavy atom. The van der Waals surface area contributed by atoms with E-state index in [2.05, 4.69) is 28.9 Å². The Balaban J connectivity index is 2.63. The molecule has 0 heterocycles. The van der Waals surface area contributed by atoms with Crippen LogP contribution in [-0.4, -0.2) is 57.1 Å². The van der Waals surface area contributed by atoms with Gasteiger partial charge in [-0.15, -0.1) is 0 Å². The van der Waals surface area contributed by atoms with Gasteiger partial charge in [-0.2, -0.15) is 0 Å². The lowest BCUT2D eigenvalue weighted by atomic mass is 10.1. The Bertz CT molecular complexity index is 451. The summed E-state index contributed by atoms with van der Waals surface area (Å²) in [5, 5.41) is 8.75. The van der Waals surface area contributed by atoms with Crippen LogP contribution in [0.25, 0.3) is 0 Å². The first-order chi connectivity index (χ1) is 10.3. The molecular formula is C17H25NO3. The zero-order chi connectivity index (χ0) is 15.3. The minimum absolute atomic E-state index is 0.110. The molecule has 0 bridgehead atoms. The van der Waals surface area contributed by atoms with E-state index < -0.39 is 0 Å². The third kappa shape index (κ3) is 7.84. The van der Waals surface area contributed by atoms with Gasteiger partial charge in [-0.25, -0.2) is 0 Å². The van der Waals surface area contributed by atoms with Gasteiger partial charge in [0.15, 0.2) is 0 Å². The van der Waals surface area contributed by atoms with Gasteiger partial charge in [0, 0.05) is 46.0 Å². The molecule has 0 amide bonds. The molecular weight excluding hydrogens is 266 g/mol. The topological polar surface area (TPSA) is 41.9 Å². The lowest BCUT2D eigenvalue weighted by Gasteiger charge is -2.22. The van der Waals surface area contributed by atoms with Crippen LogP contribution in [0.15, 0.2) is 24.3 Å². The SMILES string of the molecule is COCCCN(CCOC)Cc1cccc(C#CCO)c1. The largest absolute Gasteiger partial charge is 0.385 e. The van der Waals surface area contributed by atoms with Gasteiger partial charge in [-0.3, -0.25) is 4.90 Å². The number of rotatable bonds is 9. The van der Waals surface area contributed by atoms with Crippen molar-refractivity contribution in [2.45, 2.75) is 13.0 Å². The summed E-state index contributed by atoms with van der Waals surface area (Å²) in [7, 11) is 3.45. The molecule has 116 valence electrons. The predicted molar refractivity (Wildman–Crippen MR) is 84.1 cm³/mol. The van der Waals surface area contributed by atoms with E-state index in [1.54, 1.807) is 14.2 Å². The van der Waals surface area contributed by atoms with Gasteiger partial charge in [0.2, 0.25) is 0 Å². The molecule has 0 fully saturated rings. The van der Waals surface area contributed by atoms with E-state index in [-0.39, 0.29) is 6.61 Å². The summed E-state index contributed by atoms with van der Waals surface area (Å²) in [4.78, 5) is 2.35. The van der Waals surface area contributed by atoms with Crippen molar-refractivity contribution in [2.75, 3.05) is 47.1 Å². The third-order valence-corrected chi connectivity index (χ3v) is 3.08. The van der Waals surface area contributed by atoms with Crippen LogP contribution < -0.4 is 0 Å². The average molecular weight is 291 g/mol. The summed E-state index contributed by atoms with van der Waals surface area (Å²) >= 11 is 0. The highest BCUT2D eigenvalue weighted by Gasteiger charge is 2.06. The number of hydrogen-bond acceptors (Lipinski definition) is 4. The molecule has 0 aliphatic rings. The fourth-order valence-electron chi connectivity index (χ4n) is 2.07. The minimum Gasteiger partial charge on any atom is -0.385 e. The lowest BCUT2D eigenvalue weighted by molar-refractivity contribution is 0.129. The van der Waals surface area contributed by atoms with Crippen molar-refractivity contribution in [1.29, 1.82) is 0 Å². The van der Waals surface area contributed by atoms with Gasteiger partial charge in [-0.1, -0.05) is 24.0 Å². The monoisotopic (exact) mass is 291 g/mol. The van der Waals surface area contributed by atoms with Crippen LogP contribution in [0, 0.1) is 11.8 Å². The highest BCUT2D eigenvalue weighted by Crippen LogP contribution is 2.08. The van der Waals surface area contributed by atoms with Gasteiger partial charge in [0.05, 0.1) is 6.61 Å². The molecule has 1 N–H and O–H groups in total. The Morgan fingerprint density at radius 3 is 2.67 bits per heavy atom. The highest BCUT2D eigenvalue weighted by atomic mass is 16.5. The second-order valence-corrected chi connectivity index (χ2v) is 4.78. The molecule has 0 saturated heterocycles. The number of methoxy groups -OCH3 is 2. The van der Waals surface area contributed by atoms with Gasteiger partial charge in [0.1, 0.15) is 6.61 Å². The molecule has 0 spiro atoms. The van der Waals surface area contributed by atoms with Crippen molar-refractivity contribution in [3.63, 3.8) is 0 Å². The Labute approximate surface area is 127 Å². The summed E-state index contributed by atoms with van der Waals surface area (Å²) in [5.41, 5.74) is 2.15. The van der Waals surface area contributed by atoms with Crippen molar-refractivity contribution in [3.05, 3.63) is 35.4 Å². The maximum atomic E-state index is 8.75. The third-order valence-electron chi connectivity index (χ3n) is 3.08. The first-order valence-electron chi connectivity index (χ1n) is 7.19. The minimum atomic E-state index is -0.110. The van der Waals surface area contributed by atoms with Crippen molar-refractivity contribution in [1.82, 2.24) is 4.90 Å². The number of ether oxygens (including phenoxy) is 2. The predicted octanol–water partition coefficient (Wildman–Crippen LogP) is 1.52. The van der Waals surface area contributed by atoms with Crippen LogP contribution in [0.2, 0.25) is 0 Å². The van der Waals surface area contributed by atoms with Crippen molar-refractivity contribution < 1.29 is 14.6 Å². The molecule has 4 heteroatoms. The maximum Gasteiger partial charge on any atom is 0.104 e. The molecule has 1 aromatic rings. The highest BCUT2D eigenvalue weighted by molar-refractivity contribution is 5.37. The number of hydrogen-bond donors (Lipinski definition) is 1. The van der Waals surface area contributed by atoms with Crippen LogP contribution in [0.1, 0.15) is 17.5 Å². The molecule has 0 saturated carbocycles. The molecule has 0 unspecified atom stereocenters. The lowest BCUT2D eigenvalue weighted by Crippen LogP contribution is -2.28. The Kier molecular flexibility index (Phi) is 9.51. The number of aliphatic hydroxyl groups excluding tert-OH is 1. The second-order valence-electron chi connectivity index (χ2n) is 4.78. The first kappa shape index (κ1) is 17.7. The van der Waals surface area contributed by atoms with E-state index in [1.165, 1.54) is 5.56 Å². The Morgan fingerprint density at radius 1 is 1.14 bits per heavy atom. The van der Waals surface area contributed by atoms with Crippen molar-refractivity contribution in [3.8, 4) is 11.8 Å². The van der Waals surface area contributed by atoms with E-state index in [1.807, 2.05) is 12.1 Å². The summed E-state index contributed by atoms with van der Waals surface area (Å²) in [6.45, 7) is 4.11. The molecule has 0 aliphatic carbocycles. The summed E-state index contributed by atoms with van der Waals surface area (Å²) < 4.78 is 10.3. The summed E-state index contributed by atoms with van der Waals surface area (Å²) in [5.74, 6) is 5.62. The first-order valence-corrected chi connectivity index (χ1v) is 7.19. The normalized spacial score (nSPS) is 10.5.